The van der Waals surface area contributed by atoms with Crippen molar-refractivity contribution in [2.45, 2.75) is 12.5 Å². The molecule has 1 amide bonds. The van der Waals surface area contributed by atoms with Crippen LogP contribution in [0.5, 0.6) is 0 Å². The normalized spacial score (nSPS) is 24.3. The van der Waals surface area contributed by atoms with Crippen LogP contribution in [-0.4, -0.2) is 32.5 Å². The van der Waals surface area contributed by atoms with E-state index in [0.29, 0.717) is 6.61 Å². The van der Waals surface area contributed by atoms with E-state index in [4.69, 9.17) is 4.74 Å². The number of hydrogen-bond donors (Lipinski definition) is 1. The molecule has 0 aromatic carbocycles. The summed E-state index contributed by atoms with van der Waals surface area (Å²) in [5.74, 6) is 0. The van der Waals surface area contributed by atoms with Gasteiger partial charge in [-0.05, 0) is 6.42 Å². The molecule has 0 saturated carbocycles. The van der Waals surface area contributed by atoms with Gasteiger partial charge in [0, 0.05) is 6.61 Å². The van der Waals surface area contributed by atoms with E-state index in [1.807, 2.05) is 0 Å². The highest BCUT2D eigenvalue weighted by Gasteiger charge is 2.17. The smallest absolute Gasteiger partial charge is 0.407 e. The number of amides is 1. The van der Waals surface area contributed by atoms with Gasteiger partial charge in [0.05, 0.1) is 19.8 Å². The maximum absolute atomic E-state index is 10.6. The molecule has 0 aromatic rings. The van der Waals surface area contributed by atoms with E-state index in [0.717, 1.165) is 13.0 Å². The van der Waals surface area contributed by atoms with Gasteiger partial charge in [0.1, 0.15) is 0 Å². The predicted molar refractivity (Wildman–Crippen MR) is 34.8 cm³/mol. The molecule has 1 rings (SSSR count). The molecule has 0 aromatic heterocycles. The van der Waals surface area contributed by atoms with Crippen molar-refractivity contribution in [1.82, 2.24) is 5.32 Å². The first-order chi connectivity index (χ1) is 4.83. The lowest BCUT2D eigenvalue weighted by atomic mass is 10.3. The van der Waals surface area contributed by atoms with Gasteiger partial charge in [0.2, 0.25) is 0 Å². The molecule has 10 heavy (non-hydrogen) atoms. The highest BCUT2D eigenvalue weighted by Crippen LogP contribution is 2.02. The first-order valence-electron chi connectivity index (χ1n) is 3.25. The van der Waals surface area contributed by atoms with Gasteiger partial charge in [-0.1, -0.05) is 0 Å². The van der Waals surface area contributed by atoms with Crippen LogP contribution in [0.15, 0.2) is 0 Å². The summed E-state index contributed by atoms with van der Waals surface area (Å²) >= 11 is 0. The van der Waals surface area contributed by atoms with Crippen LogP contribution in [0.25, 0.3) is 0 Å². The Hall–Kier alpha value is -0.770. The fourth-order valence-electron chi connectivity index (χ4n) is 0.874. The molecular weight excluding hydrogens is 134 g/mol. The Morgan fingerprint density at radius 3 is 3.10 bits per heavy atom. The van der Waals surface area contributed by atoms with E-state index in [1.54, 1.807) is 0 Å². The van der Waals surface area contributed by atoms with Crippen molar-refractivity contribution >= 4 is 6.09 Å². The number of alkyl carbamates (subject to hydrolysis) is 1. The van der Waals surface area contributed by atoms with Crippen LogP contribution in [-0.2, 0) is 9.47 Å². The summed E-state index contributed by atoms with van der Waals surface area (Å²) in [5.41, 5.74) is 0. The van der Waals surface area contributed by atoms with Gasteiger partial charge in [-0.2, -0.15) is 0 Å². The van der Waals surface area contributed by atoms with Crippen molar-refractivity contribution in [1.29, 1.82) is 0 Å². The van der Waals surface area contributed by atoms with Crippen molar-refractivity contribution in [3.8, 4) is 0 Å². The monoisotopic (exact) mass is 145 g/mol. The van der Waals surface area contributed by atoms with Crippen LogP contribution in [0, 0.1) is 0 Å². The lowest BCUT2D eigenvalue weighted by molar-refractivity contribution is 0.159. The van der Waals surface area contributed by atoms with Crippen molar-refractivity contribution in [3.05, 3.63) is 0 Å². The molecule has 1 heterocycles. The zero-order valence-corrected chi connectivity index (χ0v) is 5.92. The Labute approximate surface area is 59.5 Å². The van der Waals surface area contributed by atoms with Gasteiger partial charge < -0.3 is 14.8 Å². The molecular formula is C6H11NO3. The molecule has 0 radical (unpaired) electrons. The minimum Gasteiger partial charge on any atom is -0.453 e. The lowest BCUT2D eigenvalue weighted by Gasteiger charge is -2.07. The van der Waals surface area contributed by atoms with Gasteiger partial charge in [0.25, 0.3) is 0 Å². The number of ether oxygens (including phenoxy) is 2. The molecule has 0 spiro atoms. The van der Waals surface area contributed by atoms with E-state index in [9.17, 15) is 4.79 Å². The molecule has 0 aliphatic carbocycles. The van der Waals surface area contributed by atoms with E-state index in [1.165, 1.54) is 7.11 Å². The Kier molecular flexibility index (Phi) is 2.50. The molecule has 1 atom stereocenters. The molecule has 58 valence electrons. The van der Waals surface area contributed by atoms with Crippen LogP contribution in [0.4, 0.5) is 4.79 Å². The van der Waals surface area contributed by atoms with E-state index >= 15 is 0 Å². The molecule has 1 aliphatic rings. The minimum absolute atomic E-state index is 0.146. The topological polar surface area (TPSA) is 47.6 Å². The minimum atomic E-state index is -0.379. The Morgan fingerprint density at radius 2 is 2.60 bits per heavy atom. The molecule has 0 bridgehead atoms. The second-order valence-electron chi connectivity index (χ2n) is 2.20. The first-order valence-corrected chi connectivity index (χ1v) is 3.25. The van der Waals surface area contributed by atoms with Gasteiger partial charge >= 0.3 is 6.09 Å². The SMILES string of the molecule is COC(=O)N[C@H]1CCOC1. The fraction of sp³-hybridized carbons (Fsp3) is 0.833. The summed E-state index contributed by atoms with van der Waals surface area (Å²) in [6.45, 7) is 1.34. The highest BCUT2D eigenvalue weighted by atomic mass is 16.5. The summed E-state index contributed by atoms with van der Waals surface area (Å²) in [6, 6.07) is 0.146. The first kappa shape index (κ1) is 7.34. The van der Waals surface area contributed by atoms with Crippen molar-refractivity contribution < 1.29 is 14.3 Å². The average Bonchev–Trinajstić information content (AvgIpc) is 2.40. The summed E-state index contributed by atoms with van der Waals surface area (Å²) in [7, 11) is 1.35. The van der Waals surface area contributed by atoms with Gasteiger partial charge in [-0.3, -0.25) is 0 Å². The van der Waals surface area contributed by atoms with Crippen LogP contribution < -0.4 is 5.32 Å². The third-order valence-corrected chi connectivity index (χ3v) is 1.44. The maximum atomic E-state index is 10.6. The average molecular weight is 145 g/mol. The summed E-state index contributed by atoms with van der Waals surface area (Å²) < 4.78 is 9.44. The van der Waals surface area contributed by atoms with Gasteiger partial charge in [-0.25, -0.2) is 4.79 Å². The van der Waals surface area contributed by atoms with Crippen LogP contribution in [0.3, 0.4) is 0 Å². The van der Waals surface area contributed by atoms with E-state index in [-0.39, 0.29) is 12.1 Å². The highest BCUT2D eigenvalue weighted by molar-refractivity contribution is 5.67. The summed E-state index contributed by atoms with van der Waals surface area (Å²) in [5, 5.41) is 2.64. The van der Waals surface area contributed by atoms with Crippen LogP contribution in [0.1, 0.15) is 6.42 Å². The number of hydrogen-bond acceptors (Lipinski definition) is 3. The molecule has 1 saturated heterocycles. The molecule has 1 fully saturated rings. The van der Waals surface area contributed by atoms with Gasteiger partial charge in [-0.15, -0.1) is 0 Å². The third kappa shape index (κ3) is 1.88. The number of rotatable bonds is 1. The largest absolute Gasteiger partial charge is 0.453 e. The van der Waals surface area contributed by atoms with Crippen molar-refractivity contribution in [3.63, 3.8) is 0 Å². The number of nitrogens with one attached hydrogen (secondary N) is 1. The molecule has 1 N–H and O–H groups in total. The summed E-state index contributed by atoms with van der Waals surface area (Å²) in [6.07, 6.45) is 0.505. The quantitative estimate of drug-likeness (QED) is 0.570. The van der Waals surface area contributed by atoms with Crippen molar-refractivity contribution in [2.24, 2.45) is 0 Å². The van der Waals surface area contributed by atoms with Crippen molar-refractivity contribution in [2.75, 3.05) is 20.3 Å². The standard InChI is InChI=1S/C6H11NO3/c1-9-6(8)7-5-2-3-10-4-5/h5H,2-4H2,1H3,(H,7,8)/t5-/m0/s1. The number of carbonyl (C=O) groups excluding carboxylic acids is 1. The molecule has 1 aliphatic heterocycles. The fourth-order valence-corrected chi connectivity index (χ4v) is 0.874. The number of carbonyl (C=O) groups is 1. The second kappa shape index (κ2) is 3.41. The number of methoxy groups -OCH3 is 1. The lowest BCUT2D eigenvalue weighted by Crippen LogP contribution is -2.34. The molecule has 4 nitrogen and oxygen atoms in total. The second-order valence-corrected chi connectivity index (χ2v) is 2.20. The Balaban J connectivity index is 2.17. The zero-order valence-electron chi connectivity index (χ0n) is 5.92. The van der Waals surface area contributed by atoms with E-state index in [2.05, 4.69) is 10.1 Å². The Morgan fingerprint density at radius 1 is 1.80 bits per heavy atom. The predicted octanol–water partition coefficient (Wildman–Crippen LogP) is 0.131. The third-order valence-electron chi connectivity index (χ3n) is 1.44. The molecule has 0 unspecified atom stereocenters. The van der Waals surface area contributed by atoms with E-state index < -0.39 is 0 Å². The van der Waals surface area contributed by atoms with Crippen LogP contribution >= 0.6 is 0 Å². The zero-order chi connectivity index (χ0) is 7.40. The Bertz CT molecular complexity index is 120. The summed E-state index contributed by atoms with van der Waals surface area (Å²) in [4.78, 5) is 10.6. The molecule has 4 heteroatoms. The van der Waals surface area contributed by atoms with Gasteiger partial charge in [0.15, 0.2) is 0 Å². The maximum Gasteiger partial charge on any atom is 0.407 e. The van der Waals surface area contributed by atoms with Crippen LogP contribution in [0.2, 0.25) is 0 Å².